The van der Waals surface area contributed by atoms with Gasteiger partial charge in [0.2, 0.25) is 0 Å². The van der Waals surface area contributed by atoms with Crippen molar-refractivity contribution < 1.29 is 9.13 Å². The molecule has 0 saturated carbocycles. The third-order valence-corrected chi connectivity index (χ3v) is 2.49. The highest BCUT2D eigenvalue weighted by molar-refractivity contribution is 5.68. The molecule has 2 N–H and O–H groups in total. The number of nitrogens with zero attached hydrogens (tertiary/aromatic N) is 1. The van der Waals surface area contributed by atoms with Crippen LogP contribution in [-0.2, 0) is 0 Å². The minimum absolute atomic E-state index is 0.321. The van der Waals surface area contributed by atoms with Gasteiger partial charge in [0.15, 0.2) is 0 Å². The fraction of sp³-hybridized carbons (Fsp3) is 0.214. The van der Waals surface area contributed by atoms with E-state index in [1.165, 1.54) is 12.1 Å². The molecule has 0 radical (unpaired) electrons. The van der Waals surface area contributed by atoms with Crippen molar-refractivity contribution in [3.63, 3.8) is 0 Å². The number of rotatable bonds is 4. The Morgan fingerprint density at radius 2 is 2.11 bits per heavy atom. The first kappa shape index (κ1) is 12.4. The predicted octanol–water partition coefficient (Wildman–Crippen LogP) is 3.26. The highest BCUT2D eigenvalue weighted by Gasteiger charge is 2.07. The third-order valence-electron chi connectivity index (χ3n) is 2.49. The summed E-state index contributed by atoms with van der Waals surface area (Å²) in [7, 11) is 0. The Balaban J connectivity index is 2.35. The van der Waals surface area contributed by atoms with Crippen LogP contribution in [0, 0.1) is 5.82 Å². The van der Waals surface area contributed by atoms with E-state index >= 15 is 0 Å². The van der Waals surface area contributed by atoms with E-state index in [0.717, 1.165) is 6.42 Å². The molecule has 3 nitrogen and oxygen atoms in total. The lowest BCUT2D eigenvalue weighted by atomic mass is 10.1. The molecule has 2 aromatic rings. The summed E-state index contributed by atoms with van der Waals surface area (Å²) in [6, 6.07) is 6.24. The Morgan fingerprint density at radius 3 is 2.89 bits per heavy atom. The van der Waals surface area contributed by atoms with E-state index in [-0.39, 0.29) is 5.82 Å². The number of benzene rings is 1. The standard InChI is InChI=1S/C14H15FN2O/c1-2-5-18-12-6-10(8-17-9-12)13-7-11(16)3-4-14(13)15/h3-4,6-9H,2,5,16H2,1H3. The summed E-state index contributed by atoms with van der Waals surface area (Å²) in [5, 5.41) is 0. The molecule has 0 aliphatic carbocycles. The van der Waals surface area contributed by atoms with E-state index in [0.29, 0.717) is 29.2 Å². The van der Waals surface area contributed by atoms with Crippen LogP contribution < -0.4 is 10.5 Å². The molecule has 4 heteroatoms. The van der Waals surface area contributed by atoms with Gasteiger partial charge in [-0.2, -0.15) is 0 Å². The van der Waals surface area contributed by atoms with Crippen LogP contribution in [0.15, 0.2) is 36.7 Å². The van der Waals surface area contributed by atoms with Gasteiger partial charge in [-0.15, -0.1) is 0 Å². The van der Waals surface area contributed by atoms with Crippen molar-refractivity contribution in [1.29, 1.82) is 0 Å². The second-order valence-corrected chi connectivity index (χ2v) is 4.00. The van der Waals surface area contributed by atoms with Crippen molar-refractivity contribution >= 4 is 5.69 Å². The average Bonchev–Trinajstić information content (AvgIpc) is 2.39. The van der Waals surface area contributed by atoms with Crippen molar-refractivity contribution in [2.45, 2.75) is 13.3 Å². The first-order valence-corrected chi connectivity index (χ1v) is 5.84. The lowest BCUT2D eigenvalue weighted by Gasteiger charge is -2.08. The van der Waals surface area contributed by atoms with Crippen molar-refractivity contribution in [2.75, 3.05) is 12.3 Å². The van der Waals surface area contributed by atoms with Gasteiger partial charge in [-0.1, -0.05) is 6.92 Å². The Labute approximate surface area is 105 Å². The van der Waals surface area contributed by atoms with Crippen molar-refractivity contribution in [2.24, 2.45) is 0 Å². The Bertz CT molecular complexity index is 543. The molecule has 1 aromatic carbocycles. The van der Waals surface area contributed by atoms with Crippen LogP contribution in [-0.4, -0.2) is 11.6 Å². The van der Waals surface area contributed by atoms with Gasteiger partial charge in [-0.3, -0.25) is 4.98 Å². The van der Waals surface area contributed by atoms with Crippen LogP contribution in [0.4, 0.5) is 10.1 Å². The quantitative estimate of drug-likeness (QED) is 0.842. The Hall–Kier alpha value is -2.10. The molecule has 0 bridgehead atoms. The normalized spacial score (nSPS) is 10.3. The number of nitrogen functional groups attached to an aromatic ring is 1. The molecule has 2 rings (SSSR count). The number of ether oxygens (including phenoxy) is 1. The lowest BCUT2D eigenvalue weighted by Crippen LogP contribution is -1.96. The molecule has 1 heterocycles. The second kappa shape index (κ2) is 5.49. The number of nitrogens with two attached hydrogens (primary N) is 1. The molecule has 1 aromatic heterocycles. The molecule has 0 spiro atoms. The topological polar surface area (TPSA) is 48.1 Å². The van der Waals surface area contributed by atoms with E-state index < -0.39 is 0 Å². The summed E-state index contributed by atoms with van der Waals surface area (Å²) in [5.74, 6) is 0.315. The van der Waals surface area contributed by atoms with Gasteiger partial charge < -0.3 is 10.5 Å². The van der Waals surface area contributed by atoms with Gasteiger partial charge in [0, 0.05) is 23.0 Å². The van der Waals surface area contributed by atoms with E-state index in [1.807, 2.05) is 6.92 Å². The SMILES string of the molecule is CCCOc1cncc(-c2cc(N)ccc2F)c1. The van der Waals surface area contributed by atoms with Crippen LogP contribution in [0.3, 0.4) is 0 Å². The smallest absolute Gasteiger partial charge is 0.138 e. The zero-order valence-corrected chi connectivity index (χ0v) is 10.2. The zero-order valence-electron chi connectivity index (χ0n) is 10.2. The lowest BCUT2D eigenvalue weighted by molar-refractivity contribution is 0.316. The molecule has 0 unspecified atom stereocenters. The summed E-state index contributed by atoms with van der Waals surface area (Å²) in [6.45, 7) is 2.64. The van der Waals surface area contributed by atoms with Gasteiger partial charge in [0.1, 0.15) is 11.6 Å². The van der Waals surface area contributed by atoms with Crippen LogP contribution in [0.25, 0.3) is 11.1 Å². The molecule has 18 heavy (non-hydrogen) atoms. The molecule has 0 fully saturated rings. The van der Waals surface area contributed by atoms with E-state index in [1.54, 1.807) is 24.5 Å². The van der Waals surface area contributed by atoms with E-state index in [2.05, 4.69) is 4.98 Å². The van der Waals surface area contributed by atoms with Crippen molar-refractivity contribution in [1.82, 2.24) is 4.98 Å². The van der Waals surface area contributed by atoms with E-state index in [9.17, 15) is 4.39 Å². The van der Waals surface area contributed by atoms with Gasteiger partial charge >= 0.3 is 0 Å². The predicted molar refractivity (Wildman–Crippen MR) is 69.8 cm³/mol. The number of anilines is 1. The van der Waals surface area contributed by atoms with Gasteiger partial charge in [0.25, 0.3) is 0 Å². The summed E-state index contributed by atoms with van der Waals surface area (Å²) < 4.78 is 19.2. The minimum Gasteiger partial charge on any atom is -0.492 e. The van der Waals surface area contributed by atoms with Crippen LogP contribution >= 0.6 is 0 Å². The average molecular weight is 246 g/mol. The highest BCUT2D eigenvalue weighted by Crippen LogP contribution is 2.26. The Morgan fingerprint density at radius 1 is 1.28 bits per heavy atom. The number of aromatic nitrogens is 1. The monoisotopic (exact) mass is 246 g/mol. The largest absolute Gasteiger partial charge is 0.492 e. The minimum atomic E-state index is -0.321. The Kier molecular flexibility index (Phi) is 3.77. The highest BCUT2D eigenvalue weighted by atomic mass is 19.1. The summed E-state index contributed by atoms with van der Waals surface area (Å²) in [4.78, 5) is 4.05. The van der Waals surface area contributed by atoms with Gasteiger partial charge in [-0.25, -0.2) is 4.39 Å². The first-order chi connectivity index (χ1) is 8.70. The fourth-order valence-corrected chi connectivity index (χ4v) is 1.63. The molecule has 0 aliphatic heterocycles. The van der Waals surface area contributed by atoms with Crippen LogP contribution in [0.1, 0.15) is 13.3 Å². The molecular formula is C14H15FN2O. The van der Waals surface area contributed by atoms with Crippen LogP contribution in [0.2, 0.25) is 0 Å². The van der Waals surface area contributed by atoms with Crippen LogP contribution in [0.5, 0.6) is 5.75 Å². The zero-order chi connectivity index (χ0) is 13.0. The maximum absolute atomic E-state index is 13.7. The van der Waals surface area contributed by atoms with Crippen molar-refractivity contribution in [3.05, 3.63) is 42.5 Å². The molecule has 0 atom stereocenters. The molecule has 0 saturated heterocycles. The number of hydrogen-bond donors (Lipinski definition) is 1. The number of halogens is 1. The molecule has 0 aliphatic rings. The molecule has 94 valence electrons. The van der Waals surface area contributed by atoms with Gasteiger partial charge in [-0.05, 0) is 30.7 Å². The summed E-state index contributed by atoms with van der Waals surface area (Å²) >= 11 is 0. The summed E-state index contributed by atoms with van der Waals surface area (Å²) in [6.07, 6.45) is 4.12. The number of pyridine rings is 1. The maximum Gasteiger partial charge on any atom is 0.138 e. The third kappa shape index (κ3) is 2.77. The molecular weight excluding hydrogens is 231 g/mol. The first-order valence-electron chi connectivity index (χ1n) is 5.84. The summed E-state index contributed by atoms with van der Waals surface area (Å²) in [5.41, 5.74) is 7.28. The second-order valence-electron chi connectivity index (χ2n) is 4.00. The maximum atomic E-state index is 13.7. The number of hydrogen-bond acceptors (Lipinski definition) is 3. The molecule has 0 amide bonds. The van der Waals surface area contributed by atoms with Gasteiger partial charge in [0.05, 0.1) is 12.8 Å². The van der Waals surface area contributed by atoms with Crippen molar-refractivity contribution in [3.8, 4) is 16.9 Å². The fourth-order valence-electron chi connectivity index (χ4n) is 1.63. The van der Waals surface area contributed by atoms with E-state index in [4.69, 9.17) is 10.5 Å².